The van der Waals surface area contributed by atoms with E-state index < -0.39 is 55.2 Å². The molecule has 0 amide bonds. The zero-order valence-electron chi connectivity index (χ0n) is 10.7. The van der Waals surface area contributed by atoms with E-state index in [0.29, 0.717) is 0 Å². The van der Waals surface area contributed by atoms with Gasteiger partial charge in [-0.3, -0.25) is 0 Å². The smallest absolute Gasteiger partial charge is 0.334 e. The summed E-state index contributed by atoms with van der Waals surface area (Å²) in [5, 5.41) is 0. The third-order valence-corrected chi connectivity index (χ3v) is 3.27. The van der Waals surface area contributed by atoms with Crippen LogP contribution in [0.5, 0.6) is 0 Å². The Kier molecular flexibility index (Phi) is 4.75. The molecule has 0 aromatic carbocycles. The second kappa shape index (κ2) is 5.41. The molecule has 0 spiro atoms. The Labute approximate surface area is 118 Å². The Bertz CT molecular complexity index is 404. The van der Waals surface area contributed by atoms with E-state index in [1.807, 2.05) is 0 Å². The summed E-state index contributed by atoms with van der Waals surface area (Å²) in [5.74, 6) is -22.8. The topological polar surface area (TPSA) is 9.23 Å². The molecule has 1 rings (SSSR count). The van der Waals surface area contributed by atoms with Crippen LogP contribution in [-0.2, 0) is 4.74 Å². The van der Waals surface area contributed by atoms with Gasteiger partial charge in [-0.05, 0) is 12.8 Å². The number of hydrogen-bond donors (Lipinski definition) is 0. The molecule has 1 aliphatic rings. The van der Waals surface area contributed by atoms with E-state index in [2.05, 4.69) is 11.7 Å². The van der Waals surface area contributed by atoms with E-state index in [1.54, 1.807) is 0 Å². The summed E-state index contributed by atoms with van der Waals surface area (Å²) in [6, 6.07) is 0. The summed E-state index contributed by atoms with van der Waals surface area (Å²) in [6.07, 6.45) is -7.81. The predicted molar refractivity (Wildman–Crippen MR) is 53.1 cm³/mol. The molecule has 0 saturated heterocycles. The molecule has 2 radical (unpaired) electrons. The molecule has 2 atom stereocenters. The molecule has 1 saturated carbocycles. The molecule has 0 heterocycles. The molecule has 2 unspecified atom stereocenters. The highest BCUT2D eigenvalue weighted by Crippen LogP contribution is 2.53. The first-order chi connectivity index (χ1) is 9.62. The number of ether oxygens (including phenoxy) is 1. The van der Waals surface area contributed by atoms with Gasteiger partial charge in [-0.2, -0.15) is 39.5 Å². The molecule has 130 valence electrons. The van der Waals surface area contributed by atoms with Gasteiger partial charge in [0.15, 0.2) is 0 Å². The van der Waals surface area contributed by atoms with Gasteiger partial charge in [-0.1, -0.05) is 6.92 Å². The molecule has 1 aliphatic carbocycles. The van der Waals surface area contributed by atoms with Crippen molar-refractivity contribution in [2.75, 3.05) is 6.61 Å². The Morgan fingerprint density at radius 2 is 1.55 bits per heavy atom. The van der Waals surface area contributed by atoms with Crippen LogP contribution in [-0.4, -0.2) is 36.4 Å². The zero-order chi connectivity index (χ0) is 17.6. The average Bonchev–Trinajstić information content (AvgIpc) is 2.57. The fraction of sp³-hybridized carbons (Fsp3) is 0.818. The van der Waals surface area contributed by atoms with Crippen LogP contribution in [0.15, 0.2) is 0 Å². The van der Waals surface area contributed by atoms with Crippen LogP contribution in [0.4, 0.5) is 43.9 Å². The normalized spacial score (nSPS) is 29.9. The molecular formula is C11H10F10O. The molecule has 0 aromatic rings. The maximum atomic E-state index is 14.1. The minimum absolute atomic E-state index is 0.0723. The molecular weight excluding hydrogens is 338 g/mol. The lowest BCUT2D eigenvalue weighted by molar-refractivity contribution is -0.377. The Hall–Kier alpha value is -0.740. The second-order valence-corrected chi connectivity index (χ2v) is 4.76. The highest BCUT2D eigenvalue weighted by Gasteiger charge is 2.74. The minimum Gasteiger partial charge on any atom is -0.334 e. The zero-order valence-corrected chi connectivity index (χ0v) is 10.7. The number of alkyl halides is 10. The maximum absolute atomic E-state index is 14.1. The summed E-state index contributed by atoms with van der Waals surface area (Å²) >= 11 is 0. The molecule has 0 bridgehead atoms. The summed E-state index contributed by atoms with van der Waals surface area (Å²) in [6.45, 7) is 0.207. The average molecular weight is 348 g/mol. The van der Waals surface area contributed by atoms with Gasteiger partial charge in [0.25, 0.3) is 5.85 Å². The quantitative estimate of drug-likeness (QED) is 0.661. The lowest BCUT2D eigenvalue weighted by atomic mass is 9.99. The van der Waals surface area contributed by atoms with Gasteiger partial charge in [0.1, 0.15) is 6.61 Å². The fourth-order valence-corrected chi connectivity index (χ4v) is 1.86. The van der Waals surface area contributed by atoms with E-state index in [-0.39, 0.29) is 6.42 Å². The lowest BCUT2D eigenvalue weighted by Crippen LogP contribution is -2.57. The van der Waals surface area contributed by atoms with Gasteiger partial charge in [0.05, 0.1) is 0 Å². The minimum atomic E-state index is -6.65. The van der Waals surface area contributed by atoms with Crippen molar-refractivity contribution in [2.24, 2.45) is 5.92 Å². The van der Waals surface area contributed by atoms with Crippen LogP contribution >= 0.6 is 0 Å². The molecule has 0 aliphatic heterocycles. The summed E-state index contributed by atoms with van der Waals surface area (Å²) in [5.41, 5.74) is 0. The third kappa shape index (κ3) is 2.88. The fourth-order valence-electron chi connectivity index (χ4n) is 1.86. The highest BCUT2D eigenvalue weighted by atomic mass is 19.4. The SMILES string of the molecule is [CH2]CC1C[CH]C(F)(F)C1(F)OCC(F)(F)C(F)(F)C(F)(F)F. The van der Waals surface area contributed by atoms with Gasteiger partial charge in [0, 0.05) is 12.3 Å². The summed E-state index contributed by atoms with van der Waals surface area (Å²) in [4.78, 5) is 0. The Balaban J connectivity index is 2.96. The number of rotatable bonds is 5. The molecule has 0 N–H and O–H groups in total. The van der Waals surface area contributed by atoms with Crippen molar-refractivity contribution in [3.05, 3.63) is 13.3 Å². The van der Waals surface area contributed by atoms with Crippen molar-refractivity contribution in [3.63, 3.8) is 0 Å². The van der Waals surface area contributed by atoms with Crippen LogP contribution in [0.3, 0.4) is 0 Å². The first-order valence-electron chi connectivity index (χ1n) is 5.79. The van der Waals surface area contributed by atoms with E-state index >= 15 is 0 Å². The summed E-state index contributed by atoms with van der Waals surface area (Å²) < 4.78 is 131. The summed E-state index contributed by atoms with van der Waals surface area (Å²) in [7, 11) is 0. The molecule has 22 heavy (non-hydrogen) atoms. The Morgan fingerprint density at radius 3 is 1.95 bits per heavy atom. The van der Waals surface area contributed by atoms with Gasteiger partial charge in [-0.25, -0.2) is 4.39 Å². The van der Waals surface area contributed by atoms with Crippen LogP contribution in [0.2, 0.25) is 0 Å². The van der Waals surface area contributed by atoms with E-state index in [9.17, 15) is 43.9 Å². The van der Waals surface area contributed by atoms with Crippen molar-refractivity contribution in [2.45, 2.75) is 42.6 Å². The molecule has 1 nitrogen and oxygen atoms in total. The van der Waals surface area contributed by atoms with Crippen molar-refractivity contribution >= 4 is 0 Å². The van der Waals surface area contributed by atoms with Crippen LogP contribution in [0, 0.1) is 19.3 Å². The highest BCUT2D eigenvalue weighted by molar-refractivity contribution is 5.09. The van der Waals surface area contributed by atoms with Gasteiger partial charge < -0.3 is 4.74 Å². The largest absolute Gasteiger partial charge is 0.459 e. The first-order valence-corrected chi connectivity index (χ1v) is 5.79. The maximum Gasteiger partial charge on any atom is 0.459 e. The standard InChI is InChI=1S/C11H10F10O/c1-2-6-3-4-7(12,13)9(6,16)22-5-8(14,15)10(17,18)11(19,20)21/h4,6H,1-3,5H2. The van der Waals surface area contributed by atoms with Crippen LogP contribution in [0.25, 0.3) is 0 Å². The van der Waals surface area contributed by atoms with E-state index in [0.717, 1.165) is 0 Å². The molecule has 11 heteroatoms. The van der Waals surface area contributed by atoms with Gasteiger partial charge in [0.2, 0.25) is 0 Å². The number of hydrogen-bond acceptors (Lipinski definition) is 1. The van der Waals surface area contributed by atoms with Crippen molar-refractivity contribution in [1.82, 2.24) is 0 Å². The van der Waals surface area contributed by atoms with Gasteiger partial charge >= 0.3 is 23.9 Å². The first kappa shape index (κ1) is 19.3. The molecule has 0 aromatic heterocycles. The number of halogens is 10. The van der Waals surface area contributed by atoms with Crippen molar-refractivity contribution in [1.29, 1.82) is 0 Å². The van der Waals surface area contributed by atoms with Crippen LogP contribution in [0.1, 0.15) is 12.8 Å². The van der Waals surface area contributed by atoms with Crippen molar-refractivity contribution in [3.8, 4) is 0 Å². The van der Waals surface area contributed by atoms with E-state index in [1.165, 1.54) is 0 Å². The molecule has 1 fully saturated rings. The lowest BCUT2D eigenvalue weighted by Gasteiger charge is -2.34. The monoisotopic (exact) mass is 348 g/mol. The predicted octanol–water partition coefficient (Wildman–Crippen LogP) is 4.59. The Morgan fingerprint density at radius 1 is 1.05 bits per heavy atom. The van der Waals surface area contributed by atoms with Gasteiger partial charge in [-0.15, -0.1) is 0 Å². The van der Waals surface area contributed by atoms with Crippen molar-refractivity contribution < 1.29 is 48.6 Å². The second-order valence-electron chi connectivity index (χ2n) is 4.76. The van der Waals surface area contributed by atoms with E-state index in [4.69, 9.17) is 0 Å². The third-order valence-electron chi connectivity index (χ3n) is 3.27. The van der Waals surface area contributed by atoms with Crippen LogP contribution < -0.4 is 0 Å².